The van der Waals surface area contributed by atoms with E-state index in [1.54, 1.807) is 6.07 Å². The number of carbonyl (C=O) groups is 1. The molecule has 0 saturated heterocycles. The van der Waals surface area contributed by atoms with Crippen LogP contribution in [-0.2, 0) is 0 Å². The van der Waals surface area contributed by atoms with Gasteiger partial charge in [-0.1, -0.05) is 28.1 Å². The quantitative estimate of drug-likeness (QED) is 0.666. The van der Waals surface area contributed by atoms with Gasteiger partial charge in [-0.15, -0.1) is 0 Å². The molecule has 98 valence electrons. The van der Waals surface area contributed by atoms with E-state index < -0.39 is 0 Å². The predicted molar refractivity (Wildman–Crippen MR) is 82.6 cm³/mol. The predicted octanol–water partition coefficient (Wildman–Crippen LogP) is 4.19. The highest BCUT2D eigenvalue weighted by molar-refractivity contribution is 9.10. The number of halogens is 1. The van der Waals surface area contributed by atoms with Gasteiger partial charge in [0.25, 0.3) is 0 Å². The van der Waals surface area contributed by atoms with Crippen molar-refractivity contribution in [2.75, 3.05) is 5.73 Å². The largest absolute Gasteiger partial charge is 0.398 e. The molecule has 2 nitrogen and oxygen atoms in total. The maximum absolute atomic E-state index is 12.6. The second kappa shape index (κ2) is 5.17. The van der Waals surface area contributed by atoms with E-state index in [9.17, 15) is 4.79 Å². The number of rotatable bonds is 2. The molecule has 0 spiro atoms. The molecule has 0 amide bonds. The summed E-state index contributed by atoms with van der Waals surface area (Å²) >= 11 is 3.48. The van der Waals surface area contributed by atoms with Gasteiger partial charge in [0.05, 0.1) is 0 Å². The average Bonchev–Trinajstić information content (AvgIpc) is 2.36. The van der Waals surface area contributed by atoms with Gasteiger partial charge in [-0.3, -0.25) is 4.79 Å². The summed E-state index contributed by atoms with van der Waals surface area (Å²) in [4.78, 5) is 12.6. The fourth-order valence-electron chi connectivity index (χ4n) is 2.05. The molecule has 0 unspecified atom stereocenters. The second-order valence-corrected chi connectivity index (χ2v) is 5.64. The first-order valence-corrected chi connectivity index (χ1v) is 6.87. The molecule has 2 aromatic rings. The van der Waals surface area contributed by atoms with Crippen LogP contribution < -0.4 is 5.73 Å². The maximum Gasteiger partial charge on any atom is 0.195 e. The minimum Gasteiger partial charge on any atom is -0.398 e. The van der Waals surface area contributed by atoms with Crippen molar-refractivity contribution in [2.45, 2.75) is 20.8 Å². The van der Waals surface area contributed by atoms with Crippen molar-refractivity contribution in [3.63, 3.8) is 0 Å². The van der Waals surface area contributed by atoms with Crippen molar-refractivity contribution in [3.05, 3.63) is 62.6 Å². The van der Waals surface area contributed by atoms with E-state index in [2.05, 4.69) is 15.9 Å². The first-order valence-electron chi connectivity index (χ1n) is 6.08. The Labute approximate surface area is 121 Å². The van der Waals surface area contributed by atoms with Crippen LogP contribution in [-0.4, -0.2) is 5.78 Å². The van der Waals surface area contributed by atoms with Gasteiger partial charge in [0, 0.05) is 21.3 Å². The summed E-state index contributed by atoms with van der Waals surface area (Å²) < 4.78 is 1.01. The number of hydrogen-bond donors (Lipinski definition) is 1. The summed E-state index contributed by atoms with van der Waals surface area (Å²) in [7, 11) is 0. The highest BCUT2D eigenvalue weighted by Gasteiger charge is 2.16. The van der Waals surface area contributed by atoms with E-state index >= 15 is 0 Å². The van der Waals surface area contributed by atoms with Crippen LogP contribution in [0.25, 0.3) is 0 Å². The van der Waals surface area contributed by atoms with Gasteiger partial charge in [0.1, 0.15) is 0 Å². The molecule has 0 aliphatic carbocycles. The maximum atomic E-state index is 12.6. The van der Waals surface area contributed by atoms with E-state index in [4.69, 9.17) is 5.73 Å². The molecule has 0 aliphatic rings. The molecule has 2 rings (SSSR count). The van der Waals surface area contributed by atoms with Crippen molar-refractivity contribution in [1.29, 1.82) is 0 Å². The van der Waals surface area contributed by atoms with Gasteiger partial charge >= 0.3 is 0 Å². The number of ketones is 1. The summed E-state index contributed by atoms with van der Waals surface area (Å²) in [6, 6.07) is 9.42. The molecule has 2 N–H and O–H groups in total. The number of aryl methyl sites for hydroxylation is 3. The fraction of sp³-hybridized carbons (Fsp3) is 0.188. The van der Waals surface area contributed by atoms with Crippen LogP contribution in [0.15, 0.2) is 34.8 Å². The molecule has 0 saturated carbocycles. The Morgan fingerprint density at radius 1 is 1.00 bits per heavy atom. The summed E-state index contributed by atoms with van der Waals surface area (Å²) in [5.74, 6) is -0.0192. The number of carbonyl (C=O) groups excluding carboxylic acids is 1. The highest BCUT2D eigenvalue weighted by Crippen LogP contribution is 2.25. The van der Waals surface area contributed by atoms with E-state index in [0.717, 1.165) is 21.2 Å². The molecular formula is C16H16BrNO. The molecule has 0 bridgehead atoms. The smallest absolute Gasteiger partial charge is 0.195 e. The molecule has 0 atom stereocenters. The molecule has 0 fully saturated rings. The fourth-order valence-corrected chi connectivity index (χ4v) is 2.51. The van der Waals surface area contributed by atoms with Crippen LogP contribution in [0.4, 0.5) is 5.69 Å². The van der Waals surface area contributed by atoms with E-state index in [1.807, 2.05) is 45.0 Å². The zero-order valence-electron chi connectivity index (χ0n) is 11.3. The molecular weight excluding hydrogens is 302 g/mol. The molecule has 0 radical (unpaired) electrons. The third kappa shape index (κ3) is 2.56. The number of hydrogen-bond acceptors (Lipinski definition) is 2. The van der Waals surface area contributed by atoms with Gasteiger partial charge in [-0.05, 0) is 55.7 Å². The Balaban J connectivity index is 2.56. The van der Waals surface area contributed by atoms with Crippen LogP contribution in [0.2, 0.25) is 0 Å². The first-order chi connectivity index (χ1) is 8.91. The van der Waals surface area contributed by atoms with Crippen LogP contribution in [0.5, 0.6) is 0 Å². The second-order valence-electron chi connectivity index (χ2n) is 4.78. The lowest BCUT2D eigenvalue weighted by Crippen LogP contribution is -2.08. The summed E-state index contributed by atoms with van der Waals surface area (Å²) in [5.41, 5.74) is 10.8. The molecule has 2 aromatic carbocycles. The van der Waals surface area contributed by atoms with Crippen LogP contribution in [0.3, 0.4) is 0 Å². The Morgan fingerprint density at radius 3 is 2.37 bits per heavy atom. The van der Waals surface area contributed by atoms with Crippen LogP contribution >= 0.6 is 15.9 Å². The van der Waals surface area contributed by atoms with Gasteiger partial charge in [0.15, 0.2) is 5.78 Å². The number of benzene rings is 2. The molecule has 0 aliphatic heterocycles. The number of para-hydroxylation sites is 1. The van der Waals surface area contributed by atoms with Gasteiger partial charge in [-0.2, -0.15) is 0 Å². The minimum atomic E-state index is -0.0192. The molecule has 19 heavy (non-hydrogen) atoms. The topological polar surface area (TPSA) is 43.1 Å². The monoisotopic (exact) mass is 317 g/mol. The summed E-state index contributed by atoms with van der Waals surface area (Å²) in [5, 5.41) is 0. The third-order valence-electron chi connectivity index (χ3n) is 3.32. The Morgan fingerprint density at radius 2 is 1.68 bits per heavy atom. The van der Waals surface area contributed by atoms with Gasteiger partial charge in [0.2, 0.25) is 0 Å². The van der Waals surface area contributed by atoms with Gasteiger partial charge in [-0.25, -0.2) is 0 Å². The molecule has 0 aromatic heterocycles. The van der Waals surface area contributed by atoms with E-state index in [1.165, 1.54) is 0 Å². The lowest BCUT2D eigenvalue weighted by molar-refractivity contribution is 0.103. The zero-order chi connectivity index (χ0) is 14.2. The van der Waals surface area contributed by atoms with Crippen molar-refractivity contribution in [1.82, 2.24) is 0 Å². The lowest BCUT2D eigenvalue weighted by Gasteiger charge is -2.11. The summed E-state index contributed by atoms with van der Waals surface area (Å²) in [6.07, 6.45) is 0. The van der Waals surface area contributed by atoms with Crippen LogP contribution in [0.1, 0.15) is 32.6 Å². The molecule has 0 heterocycles. The molecule has 3 heteroatoms. The van der Waals surface area contributed by atoms with Crippen molar-refractivity contribution < 1.29 is 4.79 Å². The van der Waals surface area contributed by atoms with Crippen molar-refractivity contribution in [3.8, 4) is 0 Å². The SMILES string of the molecule is Cc1cc(C(=O)c2cccc(C)c2N)c(C)cc1Br. The Kier molecular flexibility index (Phi) is 3.76. The summed E-state index contributed by atoms with van der Waals surface area (Å²) in [6.45, 7) is 5.81. The van der Waals surface area contributed by atoms with E-state index in [0.29, 0.717) is 16.8 Å². The normalized spacial score (nSPS) is 10.5. The average molecular weight is 318 g/mol. The first kappa shape index (κ1) is 13.8. The Hall–Kier alpha value is -1.61. The highest BCUT2D eigenvalue weighted by atomic mass is 79.9. The van der Waals surface area contributed by atoms with Crippen LogP contribution in [0, 0.1) is 20.8 Å². The van der Waals surface area contributed by atoms with E-state index in [-0.39, 0.29) is 5.78 Å². The minimum absolute atomic E-state index is 0.0192. The van der Waals surface area contributed by atoms with Crippen molar-refractivity contribution >= 4 is 27.4 Å². The lowest BCUT2D eigenvalue weighted by atomic mass is 9.95. The number of anilines is 1. The third-order valence-corrected chi connectivity index (χ3v) is 4.17. The number of nitrogens with two attached hydrogens (primary N) is 1. The van der Waals surface area contributed by atoms with Crippen molar-refractivity contribution in [2.24, 2.45) is 0 Å². The standard InChI is InChI=1S/C16H16BrNO/c1-9-5-4-6-12(15(9)18)16(19)13-7-11(3)14(17)8-10(13)2/h4-8H,18H2,1-3H3. The Bertz CT molecular complexity index is 662. The zero-order valence-corrected chi connectivity index (χ0v) is 12.8. The number of nitrogen functional groups attached to an aromatic ring is 1. The van der Waals surface area contributed by atoms with Gasteiger partial charge < -0.3 is 5.73 Å².